The van der Waals surface area contributed by atoms with E-state index in [0.717, 1.165) is 4.57 Å². The zero-order chi connectivity index (χ0) is 30.3. The number of furan rings is 1. The van der Waals surface area contributed by atoms with Gasteiger partial charge in [0.2, 0.25) is 0 Å². The van der Waals surface area contributed by atoms with E-state index in [2.05, 4.69) is 4.99 Å². The van der Waals surface area contributed by atoms with Crippen LogP contribution in [0.5, 0.6) is 0 Å². The summed E-state index contributed by atoms with van der Waals surface area (Å²) in [5, 5.41) is 11.6. The molecule has 0 fully saturated rings. The third-order valence-electron chi connectivity index (χ3n) is 6.11. The minimum absolute atomic E-state index is 0.0506. The monoisotopic (exact) mass is 637 g/mol. The first-order valence-electron chi connectivity index (χ1n) is 12.0. The van der Waals surface area contributed by atoms with Gasteiger partial charge in [0.1, 0.15) is 11.5 Å². The summed E-state index contributed by atoms with van der Waals surface area (Å²) in [6.07, 6.45) is -3.76. The summed E-state index contributed by atoms with van der Waals surface area (Å²) < 4.78 is 54.3. The Balaban J connectivity index is 1.69. The fourth-order valence-corrected chi connectivity index (χ4v) is 5.64. The second-order valence-corrected chi connectivity index (χ2v) is 10.6. The summed E-state index contributed by atoms with van der Waals surface area (Å²) in [6, 6.07) is 10.9. The van der Waals surface area contributed by atoms with Gasteiger partial charge in [-0.2, -0.15) is 13.2 Å². The largest absolute Gasteiger partial charge is 0.463 e. The Bertz CT molecular complexity index is 1940. The van der Waals surface area contributed by atoms with Crippen LogP contribution in [0.25, 0.3) is 17.4 Å². The minimum atomic E-state index is -5.05. The Labute approximate surface area is 247 Å². The Morgan fingerprint density at radius 2 is 1.90 bits per heavy atom. The van der Waals surface area contributed by atoms with E-state index in [-0.39, 0.29) is 49.3 Å². The number of ether oxygens (including phenoxy) is 1. The van der Waals surface area contributed by atoms with E-state index < -0.39 is 39.9 Å². The minimum Gasteiger partial charge on any atom is -0.463 e. The Morgan fingerprint density at radius 3 is 2.55 bits per heavy atom. The molecule has 9 nitrogen and oxygen atoms in total. The second-order valence-electron chi connectivity index (χ2n) is 8.74. The lowest BCUT2D eigenvalue weighted by atomic mass is 9.95. The van der Waals surface area contributed by atoms with E-state index in [0.29, 0.717) is 16.4 Å². The van der Waals surface area contributed by atoms with Crippen LogP contribution in [0, 0.1) is 10.1 Å². The molecule has 1 aliphatic rings. The number of nitrogens with zero attached hydrogens (tertiary/aromatic N) is 3. The lowest BCUT2D eigenvalue weighted by Crippen LogP contribution is -2.41. The quantitative estimate of drug-likeness (QED) is 0.149. The Kier molecular flexibility index (Phi) is 7.84. The number of benzene rings is 2. The summed E-state index contributed by atoms with van der Waals surface area (Å²) >= 11 is 12.8. The number of rotatable bonds is 6. The SMILES string of the molecule is CCOC(=O)C1=C(C(F)(F)F)N=c2s/c(=C\c3ccc(-c4cc([N+](=O)[O-])ccc4Cl)o3)c(=O)n2[C@H]1c1ccc(Cl)cc1. The van der Waals surface area contributed by atoms with Crippen molar-refractivity contribution in [3.63, 3.8) is 0 Å². The van der Waals surface area contributed by atoms with Gasteiger partial charge in [-0.1, -0.05) is 46.7 Å². The molecule has 0 spiro atoms. The predicted octanol–water partition coefficient (Wildman–Crippen LogP) is 5.82. The third kappa shape index (κ3) is 5.50. The molecule has 2 aromatic heterocycles. The first-order valence-corrected chi connectivity index (χ1v) is 13.6. The number of halogens is 5. The highest BCUT2D eigenvalue weighted by molar-refractivity contribution is 7.07. The number of hydrogen-bond acceptors (Lipinski definition) is 8. The molecule has 0 amide bonds. The number of non-ortho nitro benzene ring substituents is 1. The van der Waals surface area contributed by atoms with Crippen LogP contribution in [0.4, 0.5) is 18.9 Å². The number of nitro benzene ring substituents is 1. The lowest BCUT2D eigenvalue weighted by molar-refractivity contribution is -0.384. The molecule has 0 saturated heterocycles. The molecule has 5 rings (SSSR count). The molecule has 0 N–H and O–H groups in total. The average Bonchev–Trinajstić information content (AvgIpc) is 3.52. The topological polar surface area (TPSA) is 117 Å². The summed E-state index contributed by atoms with van der Waals surface area (Å²) in [4.78, 5) is 40.5. The van der Waals surface area contributed by atoms with Crippen molar-refractivity contribution in [2.45, 2.75) is 19.1 Å². The van der Waals surface area contributed by atoms with Gasteiger partial charge in [-0.15, -0.1) is 0 Å². The van der Waals surface area contributed by atoms with Gasteiger partial charge < -0.3 is 9.15 Å². The number of carbonyl (C=O) groups is 1. The van der Waals surface area contributed by atoms with Crippen LogP contribution in [0.15, 0.2) is 80.1 Å². The number of alkyl halides is 3. The number of allylic oxidation sites excluding steroid dienone is 1. The van der Waals surface area contributed by atoms with Crippen molar-refractivity contribution < 1.29 is 32.0 Å². The van der Waals surface area contributed by atoms with Gasteiger partial charge in [0.15, 0.2) is 10.5 Å². The average molecular weight is 638 g/mol. The highest BCUT2D eigenvalue weighted by atomic mass is 35.5. The number of esters is 1. The number of fused-ring (bicyclic) bond motifs is 1. The molecular formula is C27H16Cl2F3N3O6S. The highest BCUT2D eigenvalue weighted by Gasteiger charge is 2.45. The number of nitro groups is 1. The summed E-state index contributed by atoms with van der Waals surface area (Å²) in [7, 11) is 0. The third-order valence-corrected chi connectivity index (χ3v) is 7.67. The van der Waals surface area contributed by atoms with Crippen LogP contribution in [-0.2, 0) is 9.53 Å². The molecule has 4 aromatic rings. The predicted molar refractivity (Wildman–Crippen MR) is 148 cm³/mol. The van der Waals surface area contributed by atoms with E-state index in [9.17, 15) is 32.9 Å². The van der Waals surface area contributed by atoms with Gasteiger partial charge in [-0.25, -0.2) is 9.79 Å². The van der Waals surface area contributed by atoms with Gasteiger partial charge in [0.05, 0.1) is 32.7 Å². The summed E-state index contributed by atoms with van der Waals surface area (Å²) in [5.41, 5.74) is -2.88. The van der Waals surface area contributed by atoms with Gasteiger partial charge in [-0.3, -0.25) is 19.5 Å². The first-order chi connectivity index (χ1) is 19.9. The number of thiazole rings is 1. The smallest absolute Gasteiger partial charge is 0.434 e. The van der Waals surface area contributed by atoms with Crippen LogP contribution in [-0.4, -0.2) is 28.2 Å². The summed E-state index contributed by atoms with van der Waals surface area (Å²) in [6.45, 7) is 1.23. The normalized spacial score (nSPS) is 15.4. The van der Waals surface area contributed by atoms with Crippen molar-refractivity contribution >= 4 is 52.3 Å². The highest BCUT2D eigenvalue weighted by Crippen LogP contribution is 2.38. The second kappa shape index (κ2) is 11.2. The fraction of sp³-hybridized carbons (Fsp3) is 0.148. The van der Waals surface area contributed by atoms with Crippen LogP contribution >= 0.6 is 34.5 Å². The summed E-state index contributed by atoms with van der Waals surface area (Å²) in [5.74, 6) is -1.00. The molecule has 3 heterocycles. The molecule has 42 heavy (non-hydrogen) atoms. The van der Waals surface area contributed by atoms with Crippen LogP contribution in [0.3, 0.4) is 0 Å². The molecule has 0 aliphatic carbocycles. The molecule has 2 aromatic carbocycles. The number of hydrogen-bond donors (Lipinski definition) is 0. The fourth-order valence-electron chi connectivity index (χ4n) is 4.32. The van der Waals surface area contributed by atoms with Crippen LogP contribution in [0.1, 0.15) is 24.3 Å². The molecule has 15 heteroatoms. The van der Waals surface area contributed by atoms with Crippen molar-refractivity contribution in [2.24, 2.45) is 4.99 Å². The maximum Gasteiger partial charge on any atom is 0.434 e. The number of carbonyl (C=O) groups excluding carboxylic acids is 1. The van der Waals surface area contributed by atoms with E-state index in [4.69, 9.17) is 32.4 Å². The standard InChI is InChI=1S/C27H16Cl2F3N3O6S/c1-2-40-25(37)21-22(13-3-5-14(28)6-4-13)34-24(36)20(42-26(34)33-23(21)27(30,31)32)12-16-8-10-19(41-16)17-11-15(35(38)39)7-9-18(17)29/h3-12,22H,2H2,1H3/b20-12-/t22-/m0/s1. The molecule has 0 unspecified atom stereocenters. The molecule has 0 saturated carbocycles. The molecule has 216 valence electrons. The van der Waals surface area contributed by atoms with Gasteiger partial charge in [0.25, 0.3) is 11.2 Å². The first kappa shape index (κ1) is 29.3. The zero-order valence-electron chi connectivity index (χ0n) is 21.1. The van der Waals surface area contributed by atoms with E-state index >= 15 is 0 Å². The number of aromatic nitrogens is 1. The van der Waals surface area contributed by atoms with E-state index in [1.165, 1.54) is 67.6 Å². The van der Waals surface area contributed by atoms with Crippen molar-refractivity contribution in [3.05, 3.63) is 117 Å². The van der Waals surface area contributed by atoms with Crippen LogP contribution < -0.4 is 14.9 Å². The van der Waals surface area contributed by atoms with Gasteiger partial charge in [0, 0.05) is 28.8 Å². The van der Waals surface area contributed by atoms with E-state index in [1.807, 2.05) is 0 Å². The molecule has 0 bridgehead atoms. The van der Waals surface area contributed by atoms with Crippen molar-refractivity contribution in [2.75, 3.05) is 6.61 Å². The van der Waals surface area contributed by atoms with Gasteiger partial charge in [-0.05, 0) is 42.8 Å². The van der Waals surface area contributed by atoms with Crippen molar-refractivity contribution in [1.29, 1.82) is 0 Å². The Morgan fingerprint density at radius 1 is 1.19 bits per heavy atom. The molecule has 0 radical (unpaired) electrons. The van der Waals surface area contributed by atoms with Crippen LogP contribution in [0.2, 0.25) is 10.0 Å². The maximum absolute atomic E-state index is 14.2. The maximum atomic E-state index is 14.2. The lowest BCUT2D eigenvalue weighted by Gasteiger charge is -2.26. The van der Waals surface area contributed by atoms with Crippen molar-refractivity contribution in [3.8, 4) is 11.3 Å². The van der Waals surface area contributed by atoms with Gasteiger partial charge >= 0.3 is 12.1 Å². The Hall–Kier alpha value is -4.20. The molecule has 1 aliphatic heterocycles. The zero-order valence-corrected chi connectivity index (χ0v) is 23.5. The van der Waals surface area contributed by atoms with Crippen molar-refractivity contribution in [1.82, 2.24) is 4.57 Å². The molecular weight excluding hydrogens is 622 g/mol. The van der Waals surface area contributed by atoms with E-state index in [1.54, 1.807) is 0 Å². The molecule has 1 atom stereocenters.